The highest BCUT2D eigenvalue weighted by Crippen LogP contribution is 2.41. The molecule has 1 fully saturated rings. The summed E-state index contributed by atoms with van der Waals surface area (Å²) in [5.41, 5.74) is 2.92. The molecule has 0 radical (unpaired) electrons. The van der Waals surface area contributed by atoms with E-state index >= 15 is 0 Å². The molecule has 0 unspecified atom stereocenters. The molecule has 0 bridgehead atoms. The van der Waals surface area contributed by atoms with Crippen molar-refractivity contribution in [1.82, 2.24) is 25.2 Å². The summed E-state index contributed by atoms with van der Waals surface area (Å²) in [5.74, 6) is 1.09. The lowest BCUT2D eigenvalue weighted by atomic mass is 9.92. The highest BCUT2D eigenvalue weighted by atomic mass is 19.1. The van der Waals surface area contributed by atoms with E-state index in [2.05, 4.69) is 32.3 Å². The summed E-state index contributed by atoms with van der Waals surface area (Å²) in [4.78, 5) is 18.9. The Labute approximate surface area is 208 Å². The molecule has 0 saturated heterocycles. The molecule has 4 aromatic rings. The van der Waals surface area contributed by atoms with Crippen LogP contribution in [-0.4, -0.2) is 38.3 Å². The van der Waals surface area contributed by atoms with Gasteiger partial charge in [0.15, 0.2) is 5.82 Å². The van der Waals surface area contributed by atoms with E-state index in [1.807, 2.05) is 35.0 Å². The Morgan fingerprint density at radius 1 is 1.11 bits per heavy atom. The van der Waals surface area contributed by atoms with Crippen molar-refractivity contribution in [3.63, 3.8) is 0 Å². The number of nitrogens with zero attached hydrogens (tertiary/aromatic N) is 5. The second-order valence-electron chi connectivity index (χ2n) is 9.90. The van der Waals surface area contributed by atoms with E-state index in [-0.39, 0.29) is 23.5 Å². The molecule has 186 valence electrons. The highest BCUT2D eigenvalue weighted by Gasteiger charge is 2.38. The third-order valence-electron chi connectivity index (χ3n) is 7.71. The van der Waals surface area contributed by atoms with Crippen LogP contribution in [0.2, 0.25) is 0 Å². The van der Waals surface area contributed by atoms with Gasteiger partial charge in [-0.25, -0.2) is 9.07 Å². The molecular formula is C27H29FN6O2. The van der Waals surface area contributed by atoms with Gasteiger partial charge in [0.25, 0.3) is 5.56 Å². The number of hydrogen-bond acceptors (Lipinski definition) is 6. The lowest BCUT2D eigenvalue weighted by Gasteiger charge is -2.42. The van der Waals surface area contributed by atoms with Gasteiger partial charge in [-0.2, -0.15) is 0 Å². The zero-order chi connectivity index (χ0) is 24.8. The Morgan fingerprint density at radius 2 is 1.94 bits per heavy atom. The monoisotopic (exact) mass is 488 g/mol. The molecule has 9 heteroatoms. The lowest BCUT2D eigenvalue weighted by molar-refractivity contribution is 0.415. The fraction of sp³-hybridized carbons (Fsp3) is 0.407. The zero-order valence-electron chi connectivity index (χ0n) is 20.4. The van der Waals surface area contributed by atoms with Gasteiger partial charge in [-0.1, -0.05) is 12.8 Å². The normalized spacial score (nSPS) is 19.0. The molecule has 1 N–H and O–H groups in total. The number of aromatic amines is 1. The number of aromatic nitrogens is 5. The Balaban J connectivity index is 1.59. The first-order valence-electron chi connectivity index (χ1n) is 12.6. The van der Waals surface area contributed by atoms with Gasteiger partial charge in [-0.15, -0.1) is 5.10 Å². The molecule has 1 aliphatic carbocycles. The predicted molar refractivity (Wildman–Crippen MR) is 135 cm³/mol. The van der Waals surface area contributed by atoms with Gasteiger partial charge >= 0.3 is 0 Å². The standard InChI is InChI=1S/C27H29FN6O2/c1-16-7-8-17-13-19(28)9-12-24(17)33(16)25(26-30-31-32-34(26)20-5-3-4-6-20)22-15-18-14-21(36-2)10-11-23(18)29-27(22)35/h9-16,20,25H,3-8H2,1-2H3,(H,29,35)/t16-,25+/m0/s1. The Bertz CT molecular complexity index is 1470. The number of pyridine rings is 1. The maximum absolute atomic E-state index is 14.2. The van der Waals surface area contributed by atoms with Crippen molar-refractivity contribution in [3.05, 3.63) is 75.6 Å². The van der Waals surface area contributed by atoms with Crippen LogP contribution in [0.4, 0.5) is 10.1 Å². The van der Waals surface area contributed by atoms with E-state index in [4.69, 9.17) is 4.74 Å². The summed E-state index contributed by atoms with van der Waals surface area (Å²) >= 11 is 0. The topological polar surface area (TPSA) is 88.9 Å². The summed E-state index contributed by atoms with van der Waals surface area (Å²) in [7, 11) is 1.62. The largest absolute Gasteiger partial charge is 0.497 e. The van der Waals surface area contributed by atoms with Gasteiger partial charge in [0.05, 0.1) is 13.2 Å². The lowest BCUT2D eigenvalue weighted by Crippen LogP contribution is -2.44. The van der Waals surface area contributed by atoms with E-state index < -0.39 is 6.04 Å². The second kappa shape index (κ2) is 9.04. The molecule has 2 aromatic heterocycles. The second-order valence-corrected chi connectivity index (χ2v) is 9.90. The van der Waals surface area contributed by atoms with Crippen LogP contribution in [0.3, 0.4) is 0 Å². The van der Waals surface area contributed by atoms with Gasteiger partial charge in [-0.3, -0.25) is 4.79 Å². The third-order valence-corrected chi connectivity index (χ3v) is 7.71. The maximum Gasteiger partial charge on any atom is 0.254 e. The van der Waals surface area contributed by atoms with Crippen LogP contribution in [0.25, 0.3) is 10.9 Å². The number of nitrogens with one attached hydrogen (secondary N) is 1. The van der Waals surface area contributed by atoms with Gasteiger partial charge in [0, 0.05) is 28.2 Å². The first kappa shape index (κ1) is 22.7. The first-order chi connectivity index (χ1) is 17.5. The van der Waals surface area contributed by atoms with Crippen LogP contribution in [0.5, 0.6) is 5.75 Å². The first-order valence-corrected chi connectivity index (χ1v) is 12.6. The number of aryl methyl sites for hydroxylation is 1. The number of fused-ring (bicyclic) bond motifs is 2. The van der Waals surface area contributed by atoms with Crippen molar-refractivity contribution in [2.45, 2.75) is 63.6 Å². The van der Waals surface area contributed by atoms with E-state index in [0.717, 1.165) is 60.7 Å². The molecular weight excluding hydrogens is 459 g/mol. The minimum absolute atomic E-state index is 0.0853. The Kier molecular flexibility index (Phi) is 5.70. The molecule has 3 heterocycles. The van der Waals surface area contributed by atoms with Gasteiger partial charge in [0.1, 0.15) is 17.6 Å². The fourth-order valence-electron chi connectivity index (χ4n) is 5.88. The van der Waals surface area contributed by atoms with Crippen molar-refractivity contribution in [1.29, 1.82) is 0 Å². The number of ether oxygens (including phenoxy) is 1. The highest BCUT2D eigenvalue weighted by molar-refractivity contribution is 5.81. The predicted octanol–water partition coefficient (Wildman–Crippen LogP) is 4.71. The van der Waals surface area contributed by atoms with Gasteiger partial charge in [0.2, 0.25) is 0 Å². The number of anilines is 1. The van der Waals surface area contributed by atoms with Gasteiger partial charge in [-0.05, 0) is 91.1 Å². The molecule has 1 saturated carbocycles. The number of H-pyrrole nitrogens is 1. The SMILES string of the molecule is COc1ccc2[nH]c(=O)c([C@H](c3nnnn3C3CCCC3)N3c4ccc(F)cc4CC[C@@H]3C)cc2c1. The van der Waals surface area contributed by atoms with Crippen LogP contribution in [0.1, 0.15) is 68.1 Å². The average Bonchev–Trinajstić information content (AvgIpc) is 3.58. The molecule has 2 aromatic carbocycles. The smallest absolute Gasteiger partial charge is 0.254 e. The number of hydrogen-bond donors (Lipinski definition) is 1. The van der Waals surface area contributed by atoms with Crippen LogP contribution >= 0.6 is 0 Å². The van der Waals surface area contributed by atoms with E-state index in [0.29, 0.717) is 17.1 Å². The molecule has 2 atom stereocenters. The van der Waals surface area contributed by atoms with Crippen molar-refractivity contribution in [2.24, 2.45) is 0 Å². The number of rotatable bonds is 5. The number of benzene rings is 2. The number of tetrazole rings is 1. The van der Waals surface area contributed by atoms with Crippen molar-refractivity contribution in [2.75, 3.05) is 12.0 Å². The van der Waals surface area contributed by atoms with Crippen LogP contribution in [-0.2, 0) is 6.42 Å². The molecule has 8 nitrogen and oxygen atoms in total. The summed E-state index contributed by atoms with van der Waals surface area (Å²) in [6.07, 6.45) is 5.88. The van der Waals surface area contributed by atoms with Crippen LogP contribution < -0.4 is 15.2 Å². The molecule has 0 amide bonds. The zero-order valence-corrected chi connectivity index (χ0v) is 20.4. The average molecular weight is 489 g/mol. The summed E-state index contributed by atoms with van der Waals surface area (Å²) in [6.45, 7) is 2.14. The molecule has 36 heavy (non-hydrogen) atoms. The number of methoxy groups -OCH3 is 1. The van der Waals surface area contributed by atoms with Gasteiger partial charge < -0.3 is 14.6 Å². The molecule has 6 rings (SSSR count). The Hall–Kier alpha value is -3.75. The minimum Gasteiger partial charge on any atom is -0.497 e. The van der Waals surface area contributed by atoms with E-state index in [1.54, 1.807) is 13.2 Å². The molecule has 0 spiro atoms. The molecule has 1 aliphatic heterocycles. The quantitative estimate of drug-likeness (QED) is 0.438. The Morgan fingerprint density at radius 3 is 2.75 bits per heavy atom. The summed E-state index contributed by atoms with van der Waals surface area (Å²) in [6, 6.07) is 12.1. The maximum atomic E-state index is 14.2. The fourth-order valence-corrected chi connectivity index (χ4v) is 5.88. The summed E-state index contributed by atoms with van der Waals surface area (Å²) < 4.78 is 21.5. The van der Waals surface area contributed by atoms with Crippen LogP contribution in [0.15, 0.2) is 47.3 Å². The van der Waals surface area contributed by atoms with Crippen LogP contribution in [0, 0.1) is 5.82 Å². The van der Waals surface area contributed by atoms with E-state index in [1.165, 1.54) is 6.07 Å². The molecule has 2 aliphatic rings. The van der Waals surface area contributed by atoms with Crippen molar-refractivity contribution >= 4 is 16.6 Å². The summed E-state index contributed by atoms with van der Waals surface area (Å²) in [5, 5.41) is 13.8. The third kappa shape index (κ3) is 3.83. The van der Waals surface area contributed by atoms with Crippen molar-refractivity contribution < 1.29 is 9.13 Å². The van der Waals surface area contributed by atoms with Crippen molar-refractivity contribution in [3.8, 4) is 5.75 Å². The minimum atomic E-state index is -0.542. The number of halogens is 1. The van der Waals surface area contributed by atoms with E-state index in [9.17, 15) is 9.18 Å².